The van der Waals surface area contributed by atoms with Crippen LogP contribution < -0.4 is 15.0 Å². The van der Waals surface area contributed by atoms with E-state index in [1.165, 1.54) is 18.5 Å². The molecule has 0 spiro atoms. The number of rotatable bonds is 3. The van der Waals surface area contributed by atoms with Gasteiger partial charge in [-0.3, -0.25) is 0 Å². The van der Waals surface area contributed by atoms with Gasteiger partial charge in [0.15, 0.2) is 0 Å². The Kier molecular flexibility index (Phi) is 2.70. The van der Waals surface area contributed by atoms with Crippen molar-refractivity contribution in [2.24, 2.45) is 0 Å². The molecule has 16 heavy (non-hydrogen) atoms. The van der Waals surface area contributed by atoms with Crippen LogP contribution in [0.3, 0.4) is 0 Å². The van der Waals surface area contributed by atoms with E-state index < -0.39 is 0 Å². The van der Waals surface area contributed by atoms with E-state index in [4.69, 9.17) is 4.74 Å². The predicted molar refractivity (Wildman–Crippen MR) is 65.2 cm³/mol. The molecule has 1 aromatic rings. The van der Waals surface area contributed by atoms with Crippen LogP contribution in [0.25, 0.3) is 0 Å². The number of nitrogens with zero attached hydrogens (tertiary/aromatic N) is 1. The average molecular weight is 218 g/mol. The van der Waals surface area contributed by atoms with Crippen molar-refractivity contribution in [1.29, 1.82) is 0 Å². The molecule has 1 aromatic carbocycles. The Hall–Kier alpha value is -1.22. The summed E-state index contributed by atoms with van der Waals surface area (Å²) in [6.07, 6.45) is 2.92. The Balaban J connectivity index is 1.72. The van der Waals surface area contributed by atoms with Crippen molar-refractivity contribution in [2.45, 2.75) is 18.9 Å². The summed E-state index contributed by atoms with van der Waals surface area (Å²) in [6.45, 7) is 4.33. The summed E-state index contributed by atoms with van der Waals surface area (Å²) in [5, 5.41) is 3.37. The molecule has 1 aliphatic carbocycles. The van der Waals surface area contributed by atoms with E-state index in [2.05, 4.69) is 34.5 Å². The highest BCUT2D eigenvalue weighted by Gasteiger charge is 2.23. The van der Waals surface area contributed by atoms with E-state index >= 15 is 0 Å². The van der Waals surface area contributed by atoms with Gasteiger partial charge < -0.3 is 15.0 Å². The number of hydrogen-bond donors (Lipinski definition) is 1. The van der Waals surface area contributed by atoms with Crippen LogP contribution in [0.5, 0.6) is 5.75 Å². The fourth-order valence-corrected chi connectivity index (χ4v) is 2.05. The Morgan fingerprint density at radius 3 is 2.75 bits per heavy atom. The molecule has 1 heterocycles. The van der Waals surface area contributed by atoms with Gasteiger partial charge in [-0.1, -0.05) is 6.07 Å². The van der Waals surface area contributed by atoms with Gasteiger partial charge in [0.1, 0.15) is 5.75 Å². The van der Waals surface area contributed by atoms with Gasteiger partial charge in [-0.15, -0.1) is 0 Å². The molecule has 0 amide bonds. The number of anilines is 1. The highest BCUT2D eigenvalue weighted by Crippen LogP contribution is 2.29. The monoisotopic (exact) mass is 218 g/mol. The van der Waals surface area contributed by atoms with E-state index in [0.717, 1.165) is 31.9 Å². The minimum absolute atomic E-state index is 0.485. The molecule has 3 heteroatoms. The maximum atomic E-state index is 5.81. The molecule has 1 saturated heterocycles. The second-order valence-corrected chi connectivity index (χ2v) is 4.55. The molecule has 0 aromatic heterocycles. The van der Waals surface area contributed by atoms with Gasteiger partial charge in [-0.2, -0.15) is 0 Å². The number of nitrogens with one attached hydrogen (secondary N) is 1. The average Bonchev–Trinajstić information content (AvgIpc) is 3.15. The smallest absolute Gasteiger partial charge is 0.121 e. The van der Waals surface area contributed by atoms with Crippen LogP contribution in [0.4, 0.5) is 5.69 Å². The van der Waals surface area contributed by atoms with Crippen LogP contribution in [0.1, 0.15) is 12.8 Å². The van der Waals surface area contributed by atoms with Gasteiger partial charge >= 0.3 is 0 Å². The fraction of sp³-hybridized carbons (Fsp3) is 0.538. The van der Waals surface area contributed by atoms with Gasteiger partial charge in [0.05, 0.1) is 6.10 Å². The van der Waals surface area contributed by atoms with Crippen LogP contribution in [0.2, 0.25) is 0 Å². The summed E-state index contributed by atoms with van der Waals surface area (Å²) in [4.78, 5) is 2.41. The van der Waals surface area contributed by atoms with Crippen LogP contribution >= 0.6 is 0 Å². The first-order valence-corrected chi connectivity index (χ1v) is 6.14. The largest absolute Gasteiger partial charge is 0.490 e. The summed E-state index contributed by atoms with van der Waals surface area (Å²) in [5.41, 5.74) is 1.29. The predicted octanol–water partition coefficient (Wildman–Crippen LogP) is 1.64. The molecule has 1 saturated carbocycles. The molecule has 0 unspecified atom stereocenters. The molecule has 2 aliphatic rings. The minimum Gasteiger partial charge on any atom is -0.490 e. The van der Waals surface area contributed by atoms with Crippen molar-refractivity contribution in [3.63, 3.8) is 0 Å². The third-order valence-corrected chi connectivity index (χ3v) is 3.13. The van der Waals surface area contributed by atoms with Crippen molar-refractivity contribution >= 4 is 5.69 Å². The molecule has 1 aliphatic heterocycles. The zero-order chi connectivity index (χ0) is 10.8. The highest BCUT2D eigenvalue weighted by atomic mass is 16.5. The quantitative estimate of drug-likeness (QED) is 0.834. The van der Waals surface area contributed by atoms with E-state index in [9.17, 15) is 0 Å². The van der Waals surface area contributed by atoms with Gasteiger partial charge in [-0.05, 0) is 25.0 Å². The van der Waals surface area contributed by atoms with Crippen LogP contribution in [0.15, 0.2) is 24.3 Å². The zero-order valence-electron chi connectivity index (χ0n) is 9.48. The second kappa shape index (κ2) is 4.34. The number of piperazine rings is 1. The lowest BCUT2D eigenvalue weighted by molar-refractivity contribution is 0.303. The van der Waals surface area contributed by atoms with Crippen LogP contribution in [-0.2, 0) is 0 Å². The Bertz CT molecular complexity index is 357. The molecular formula is C13H18N2O. The Morgan fingerprint density at radius 2 is 2.00 bits per heavy atom. The lowest BCUT2D eigenvalue weighted by atomic mass is 10.2. The van der Waals surface area contributed by atoms with E-state index in [1.807, 2.05) is 0 Å². The standard InChI is InChI=1S/C13H18N2O/c1-2-11(15-8-6-14-7-9-15)10-13(3-1)16-12-4-5-12/h1-3,10,12,14H,4-9H2. The summed E-state index contributed by atoms with van der Waals surface area (Å²) in [6, 6.07) is 8.49. The summed E-state index contributed by atoms with van der Waals surface area (Å²) >= 11 is 0. The summed E-state index contributed by atoms with van der Waals surface area (Å²) in [5.74, 6) is 1.03. The molecule has 0 bridgehead atoms. The summed E-state index contributed by atoms with van der Waals surface area (Å²) < 4.78 is 5.81. The number of ether oxygens (including phenoxy) is 1. The van der Waals surface area contributed by atoms with E-state index in [1.54, 1.807) is 0 Å². The molecule has 1 N–H and O–H groups in total. The zero-order valence-corrected chi connectivity index (χ0v) is 9.48. The van der Waals surface area contributed by atoms with Crippen molar-refractivity contribution in [3.8, 4) is 5.75 Å². The molecule has 3 nitrogen and oxygen atoms in total. The lowest BCUT2D eigenvalue weighted by Gasteiger charge is -2.29. The first kappa shape index (κ1) is 9.97. The Labute approximate surface area is 96.4 Å². The van der Waals surface area contributed by atoms with Crippen molar-refractivity contribution < 1.29 is 4.74 Å². The SMILES string of the molecule is c1cc(OC2CC2)cc(N2CCNCC2)c1. The maximum Gasteiger partial charge on any atom is 0.121 e. The van der Waals surface area contributed by atoms with Crippen LogP contribution in [-0.4, -0.2) is 32.3 Å². The maximum absolute atomic E-state index is 5.81. The van der Waals surface area contributed by atoms with Crippen LogP contribution in [0, 0.1) is 0 Å². The normalized spacial score (nSPS) is 20.9. The molecule has 2 fully saturated rings. The van der Waals surface area contributed by atoms with Crippen molar-refractivity contribution in [1.82, 2.24) is 5.32 Å². The van der Waals surface area contributed by atoms with Gasteiger partial charge in [0, 0.05) is 37.9 Å². The summed E-state index contributed by atoms with van der Waals surface area (Å²) in [7, 11) is 0. The fourth-order valence-electron chi connectivity index (χ4n) is 2.05. The van der Waals surface area contributed by atoms with E-state index in [0.29, 0.717) is 6.10 Å². The Morgan fingerprint density at radius 1 is 1.19 bits per heavy atom. The third-order valence-electron chi connectivity index (χ3n) is 3.13. The van der Waals surface area contributed by atoms with Gasteiger partial charge in [0.2, 0.25) is 0 Å². The first-order valence-electron chi connectivity index (χ1n) is 6.14. The second-order valence-electron chi connectivity index (χ2n) is 4.55. The topological polar surface area (TPSA) is 24.5 Å². The molecular weight excluding hydrogens is 200 g/mol. The van der Waals surface area contributed by atoms with Crippen molar-refractivity contribution in [2.75, 3.05) is 31.1 Å². The number of hydrogen-bond acceptors (Lipinski definition) is 3. The molecule has 3 rings (SSSR count). The van der Waals surface area contributed by atoms with Gasteiger partial charge in [0.25, 0.3) is 0 Å². The molecule has 0 radical (unpaired) electrons. The van der Waals surface area contributed by atoms with Gasteiger partial charge in [-0.25, -0.2) is 0 Å². The van der Waals surface area contributed by atoms with Crippen molar-refractivity contribution in [3.05, 3.63) is 24.3 Å². The molecule has 86 valence electrons. The molecule has 0 atom stereocenters. The minimum atomic E-state index is 0.485. The lowest BCUT2D eigenvalue weighted by Crippen LogP contribution is -2.43. The number of benzene rings is 1. The first-order chi connectivity index (χ1) is 7.92. The van der Waals surface area contributed by atoms with E-state index in [-0.39, 0.29) is 0 Å². The third kappa shape index (κ3) is 2.30. The highest BCUT2D eigenvalue weighted by molar-refractivity contribution is 5.51.